The third kappa shape index (κ3) is 5.23. The molecule has 1 aromatic carbocycles. The lowest BCUT2D eigenvalue weighted by Crippen LogP contribution is -2.29. The molecule has 0 aromatic heterocycles. The molecule has 0 aliphatic carbocycles. The van der Waals surface area contributed by atoms with Crippen molar-refractivity contribution in [3.63, 3.8) is 0 Å². The lowest BCUT2D eigenvalue weighted by atomic mass is 10.0. The molecule has 0 amide bonds. The van der Waals surface area contributed by atoms with Crippen LogP contribution < -0.4 is 5.32 Å². The summed E-state index contributed by atoms with van der Waals surface area (Å²) in [6.45, 7) is 0. The Hall–Kier alpha value is -0.810. The Balaban J connectivity index is 2.65. The summed E-state index contributed by atoms with van der Waals surface area (Å²) in [4.78, 5) is 0. The van der Waals surface area contributed by atoms with Crippen LogP contribution in [0.25, 0.3) is 0 Å². The zero-order valence-electron chi connectivity index (χ0n) is 9.82. The van der Waals surface area contributed by atoms with Crippen LogP contribution >= 0.6 is 11.6 Å². The standard InChI is InChI=1S/C12H14ClF4N/c1-18-10(4-5-12(15,16)17)7-8-6-9(14)2-3-11(8)13/h2-3,6,10,18H,4-5,7H2,1H3. The topological polar surface area (TPSA) is 12.0 Å². The van der Waals surface area contributed by atoms with Crippen LogP contribution in [0.4, 0.5) is 17.6 Å². The van der Waals surface area contributed by atoms with Gasteiger partial charge in [-0.05, 0) is 43.7 Å². The monoisotopic (exact) mass is 283 g/mol. The Morgan fingerprint density at radius 2 is 2.00 bits per heavy atom. The molecule has 0 spiro atoms. The quantitative estimate of drug-likeness (QED) is 0.807. The van der Waals surface area contributed by atoms with Crippen LogP contribution in [0, 0.1) is 5.82 Å². The van der Waals surface area contributed by atoms with Crippen LogP contribution in [0.1, 0.15) is 18.4 Å². The number of rotatable bonds is 5. The molecule has 102 valence electrons. The molecule has 1 nitrogen and oxygen atoms in total. The van der Waals surface area contributed by atoms with Crippen molar-refractivity contribution < 1.29 is 17.6 Å². The highest BCUT2D eigenvalue weighted by Crippen LogP contribution is 2.24. The van der Waals surface area contributed by atoms with Gasteiger partial charge in [-0.25, -0.2) is 4.39 Å². The first-order chi connectivity index (χ1) is 8.31. The molecule has 6 heteroatoms. The highest BCUT2D eigenvalue weighted by molar-refractivity contribution is 6.31. The molecule has 0 radical (unpaired) electrons. The Morgan fingerprint density at radius 1 is 1.33 bits per heavy atom. The smallest absolute Gasteiger partial charge is 0.317 e. The minimum Gasteiger partial charge on any atom is -0.317 e. The van der Waals surface area contributed by atoms with E-state index >= 15 is 0 Å². The van der Waals surface area contributed by atoms with Gasteiger partial charge < -0.3 is 5.32 Å². The summed E-state index contributed by atoms with van der Waals surface area (Å²) in [7, 11) is 1.58. The van der Waals surface area contributed by atoms with Gasteiger partial charge in [-0.3, -0.25) is 0 Å². The zero-order valence-corrected chi connectivity index (χ0v) is 10.6. The maximum absolute atomic E-state index is 13.0. The summed E-state index contributed by atoms with van der Waals surface area (Å²) in [6, 6.07) is 3.49. The maximum Gasteiger partial charge on any atom is 0.389 e. The second-order valence-corrected chi connectivity index (χ2v) is 4.49. The Bertz CT molecular complexity index is 392. The first-order valence-corrected chi connectivity index (χ1v) is 5.87. The van der Waals surface area contributed by atoms with Gasteiger partial charge in [-0.2, -0.15) is 13.2 Å². The molecule has 0 heterocycles. The highest BCUT2D eigenvalue weighted by atomic mass is 35.5. The molecule has 0 saturated heterocycles. The van der Waals surface area contributed by atoms with Crippen molar-refractivity contribution in [2.75, 3.05) is 7.05 Å². The lowest BCUT2D eigenvalue weighted by Gasteiger charge is -2.18. The maximum atomic E-state index is 13.0. The van der Waals surface area contributed by atoms with Gasteiger partial charge in [0.25, 0.3) is 0 Å². The van der Waals surface area contributed by atoms with Gasteiger partial charge in [0.05, 0.1) is 0 Å². The van der Waals surface area contributed by atoms with Crippen LogP contribution in [0.15, 0.2) is 18.2 Å². The summed E-state index contributed by atoms with van der Waals surface area (Å²) < 4.78 is 49.4. The van der Waals surface area contributed by atoms with Crippen molar-refractivity contribution in [2.45, 2.75) is 31.5 Å². The molecule has 0 bridgehead atoms. The number of hydrogen-bond donors (Lipinski definition) is 1. The average Bonchev–Trinajstić information content (AvgIpc) is 2.27. The van der Waals surface area contributed by atoms with Gasteiger partial charge in [0.2, 0.25) is 0 Å². The van der Waals surface area contributed by atoms with E-state index in [2.05, 4.69) is 5.32 Å². The van der Waals surface area contributed by atoms with Crippen LogP contribution in [0.3, 0.4) is 0 Å². The Kier molecular flexibility index (Phi) is 5.41. The fourth-order valence-corrected chi connectivity index (χ4v) is 1.85. The fraction of sp³-hybridized carbons (Fsp3) is 0.500. The molecule has 1 aromatic rings. The van der Waals surface area contributed by atoms with Crippen molar-refractivity contribution in [1.82, 2.24) is 5.32 Å². The largest absolute Gasteiger partial charge is 0.389 e. The van der Waals surface area contributed by atoms with Gasteiger partial charge in [0.1, 0.15) is 5.82 Å². The van der Waals surface area contributed by atoms with Gasteiger partial charge >= 0.3 is 6.18 Å². The van der Waals surface area contributed by atoms with Crippen LogP contribution in [0.2, 0.25) is 5.02 Å². The van der Waals surface area contributed by atoms with E-state index < -0.39 is 18.4 Å². The average molecular weight is 284 g/mol. The Morgan fingerprint density at radius 3 is 2.56 bits per heavy atom. The molecule has 1 atom stereocenters. The molecule has 0 saturated carbocycles. The van der Waals surface area contributed by atoms with Crippen LogP contribution in [-0.2, 0) is 6.42 Å². The Labute approximate surface area is 108 Å². The third-order valence-corrected chi connectivity index (χ3v) is 3.03. The van der Waals surface area contributed by atoms with Crippen molar-refractivity contribution in [3.8, 4) is 0 Å². The second kappa shape index (κ2) is 6.38. The van der Waals surface area contributed by atoms with Crippen molar-refractivity contribution >= 4 is 11.6 Å². The fourth-order valence-electron chi connectivity index (χ4n) is 1.65. The number of likely N-dealkylation sites (N-methyl/N-ethyl adjacent to an activating group) is 1. The number of halogens is 5. The van der Waals surface area contributed by atoms with E-state index in [0.717, 1.165) is 0 Å². The van der Waals surface area contributed by atoms with Gasteiger partial charge in [-0.15, -0.1) is 0 Å². The van der Waals surface area contributed by atoms with Gasteiger partial charge in [0.15, 0.2) is 0 Å². The summed E-state index contributed by atoms with van der Waals surface area (Å²) >= 11 is 5.87. The molecule has 0 aliphatic heterocycles. The SMILES string of the molecule is CNC(CCC(F)(F)F)Cc1cc(F)ccc1Cl. The zero-order chi connectivity index (χ0) is 13.8. The van der Waals surface area contributed by atoms with Crippen molar-refractivity contribution in [1.29, 1.82) is 0 Å². The molecular formula is C12H14ClF4N. The minimum absolute atomic E-state index is 0.0627. The lowest BCUT2D eigenvalue weighted by molar-refractivity contribution is -0.136. The number of hydrogen-bond acceptors (Lipinski definition) is 1. The normalized spacial score (nSPS) is 13.7. The van der Waals surface area contributed by atoms with Crippen LogP contribution in [-0.4, -0.2) is 19.3 Å². The molecule has 1 unspecified atom stereocenters. The number of nitrogens with one attached hydrogen (secondary N) is 1. The second-order valence-electron chi connectivity index (χ2n) is 4.08. The van der Waals surface area contributed by atoms with E-state index in [1.807, 2.05) is 0 Å². The van der Waals surface area contributed by atoms with Crippen molar-refractivity contribution in [3.05, 3.63) is 34.6 Å². The number of alkyl halides is 3. The molecule has 0 fully saturated rings. The van der Waals surface area contributed by atoms with Crippen molar-refractivity contribution in [2.24, 2.45) is 0 Å². The van der Waals surface area contributed by atoms with Gasteiger partial charge in [-0.1, -0.05) is 11.6 Å². The third-order valence-electron chi connectivity index (χ3n) is 2.66. The molecule has 1 rings (SSSR count). The van der Waals surface area contributed by atoms with E-state index in [-0.39, 0.29) is 18.9 Å². The molecule has 18 heavy (non-hydrogen) atoms. The van der Waals surface area contributed by atoms with E-state index in [9.17, 15) is 17.6 Å². The number of benzene rings is 1. The first kappa shape index (κ1) is 15.2. The van der Waals surface area contributed by atoms with Gasteiger partial charge in [0, 0.05) is 17.5 Å². The van der Waals surface area contributed by atoms with E-state index in [1.54, 1.807) is 7.05 Å². The highest BCUT2D eigenvalue weighted by Gasteiger charge is 2.28. The van der Waals surface area contributed by atoms with E-state index in [4.69, 9.17) is 11.6 Å². The predicted octanol–water partition coefficient (Wildman–Crippen LogP) is 3.95. The summed E-state index contributed by atoms with van der Waals surface area (Å²) in [5, 5.41) is 3.15. The summed E-state index contributed by atoms with van der Waals surface area (Å²) in [6.07, 6.45) is -4.84. The predicted molar refractivity (Wildman–Crippen MR) is 63.3 cm³/mol. The molecular weight excluding hydrogens is 270 g/mol. The van der Waals surface area contributed by atoms with E-state index in [1.165, 1.54) is 18.2 Å². The molecule has 1 N–H and O–H groups in total. The minimum atomic E-state index is -4.18. The molecule has 0 aliphatic rings. The van der Waals surface area contributed by atoms with E-state index in [0.29, 0.717) is 10.6 Å². The van der Waals surface area contributed by atoms with Crippen LogP contribution in [0.5, 0.6) is 0 Å². The first-order valence-electron chi connectivity index (χ1n) is 5.50. The summed E-state index contributed by atoms with van der Waals surface area (Å²) in [5.74, 6) is -0.444. The summed E-state index contributed by atoms with van der Waals surface area (Å²) in [5.41, 5.74) is 0.512.